The summed E-state index contributed by atoms with van der Waals surface area (Å²) < 4.78 is 0. The van der Waals surface area contributed by atoms with E-state index in [1.165, 1.54) is 12.0 Å². The molecule has 0 aliphatic heterocycles. The molecule has 1 saturated carbocycles. The molecule has 0 saturated heterocycles. The third-order valence-electron chi connectivity index (χ3n) is 4.12. The Morgan fingerprint density at radius 2 is 1.56 bits per heavy atom. The highest BCUT2D eigenvalue weighted by Crippen LogP contribution is 2.63. The number of phenols is 1. The van der Waals surface area contributed by atoms with Crippen LogP contribution in [0.4, 0.5) is 0 Å². The molecule has 1 aliphatic carbocycles. The highest BCUT2D eigenvalue weighted by molar-refractivity contribution is 5.45. The van der Waals surface area contributed by atoms with Crippen molar-refractivity contribution in [3.05, 3.63) is 65.7 Å². The van der Waals surface area contributed by atoms with Crippen molar-refractivity contribution in [3.63, 3.8) is 0 Å². The van der Waals surface area contributed by atoms with Gasteiger partial charge in [0.05, 0.1) is 0 Å². The monoisotopic (exact) mass is 238 g/mol. The molecule has 1 fully saturated rings. The first kappa shape index (κ1) is 11.3. The van der Waals surface area contributed by atoms with Gasteiger partial charge >= 0.3 is 0 Å². The molecule has 3 atom stereocenters. The highest BCUT2D eigenvalue weighted by atomic mass is 16.3. The second kappa shape index (κ2) is 4.49. The van der Waals surface area contributed by atoms with Crippen LogP contribution in [-0.4, -0.2) is 5.11 Å². The quantitative estimate of drug-likeness (QED) is 0.845. The maximum absolute atomic E-state index is 10.00. The Balaban J connectivity index is 1.93. The maximum Gasteiger partial charge on any atom is 0.119 e. The third kappa shape index (κ3) is 1.80. The molecule has 0 radical (unpaired) electrons. The predicted octanol–water partition coefficient (Wildman–Crippen LogP) is 4.30. The van der Waals surface area contributed by atoms with E-state index in [2.05, 4.69) is 43.3 Å². The van der Waals surface area contributed by atoms with E-state index in [1.807, 2.05) is 12.1 Å². The normalized spacial score (nSPS) is 25.9. The van der Waals surface area contributed by atoms with Crippen LogP contribution in [0.1, 0.15) is 36.3 Å². The summed E-state index contributed by atoms with van der Waals surface area (Å²) in [4.78, 5) is 0. The molecule has 0 heterocycles. The molecule has 0 unspecified atom stereocenters. The van der Waals surface area contributed by atoms with Crippen LogP contribution >= 0.6 is 0 Å². The van der Waals surface area contributed by atoms with Crippen LogP contribution in [0.15, 0.2) is 54.6 Å². The molecule has 0 bridgehead atoms. The van der Waals surface area contributed by atoms with Crippen LogP contribution in [0, 0.1) is 5.92 Å². The molecule has 2 aromatic carbocycles. The minimum atomic E-state index is 0.444. The third-order valence-corrected chi connectivity index (χ3v) is 4.12. The second-order valence-electron chi connectivity index (χ2n) is 5.09. The summed E-state index contributed by atoms with van der Waals surface area (Å²) in [5, 5.41) is 10.00. The van der Waals surface area contributed by atoms with Crippen LogP contribution in [-0.2, 0) is 0 Å². The van der Waals surface area contributed by atoms with Gasteiger partial charge in [0.2, 0.25) is 0 Å². The van der Waals surface area contributed by atoms with Crippen LogP contribution in [0.2, 0.25) is 0 Å². The van der Waals surface area contributed by atoms with E-state index in [-0.39, 0.29) is 0 Å². The van der Waals surface area contributed by atoms with Crippen LogP contribution in [0.5, 0.6) is 5.75 Å². The van der Waals surface area contributed by atoms with Crippen molar-refractivity contribution in [1.29, 1.82) is 0 Å². The summed E-state index contributed by atoms with van der Waals surface area (Å²) in [7, 11) is 0. The Morgan fingerprint density at radius 3 is 2.22 bits per heavy atom. The van der Waals surface area contributed by atoms with Crippen LogP contribution < -0.4 is 0 Å². The van der Waals surface area contributed by atoms with Gasteiger partial charge < -0.3 is 5.11 Å². The van der Waals surface area contributed by atoms with E-state index >= 15 is 0 Å². The minimum absolute atomic E-state index is 0.444. The first-order valence-electron chi connectivity index (χ1n) is 6.65. The SMILES string of the molecule is CC[C@H]1[C@@H](c2ccccc2)[C@@H]1c1ccccc1O. The van der Waals surface area contributed by atoms with Crippen molar-refractivity contribution in [2.75, 3.05) is 0 Å². The minimum Gasteiger partial charge on any atom is -0.508 e. The maximum atomic E-state index is 10.00. The molecule has 1 aliphatic rings. The molecule has 0 aromatic heterocycles. The number of rotatable bonds is 3. The van der Waals surface area contributed by atoms with Gasteiger partial charge in [-0.1, -0.05) is 61.9 Å². The zero-order chi connectivity index (χ0) is 12.5. The Kier molecular flexibility index (Phi) is 2.83. The Hall–Kier alpha value is -1.76. The number of aromatic hydroxyl groups is 1. The van der Waals surface area contributed by atoms with Crippen LogP contribution in [0.3, 0.4) is 0 Å². The van der Waals surface area contributed by atoms with Crippen LogP contribution in [0.25, 0.3) is 0 Å². The van der Waals surface area contributed by atoms with E-state index in [9.17, 15) is 5.11 Å². The number of hydrogen-bond acceptors (Lipinski definition) is 1. The van der Waals surface area contributed by atoms with Gasteiger partial charge in [0.25, 0.3) is 0 Å². The lowest BCUT2D eigenvalue weighted by Crippen LogP contribution is -1.84. The number of phenolic OH excluding ortho intramolecular Hbond substituents is 1. The average molecular weight is 238 g/mol. The number of benzene rings is 2. The molecular formula is C17H18O. The van der Waals surface area contributed by atoms with Crippen molar-refractivity contribution in [2.45, 2.75) is 25.2 Å². The topological polar surface area (TPSA) is 20.2 Å². The summed E-state index contributed by atoms with van der Waals surface area (Å²) in [6, 6.07) is 18.4. The zero-order valence-corrected chi connectivity index (χ0v) is 10.6. The van der Waals surface area contributed by atoms with Gasteiger partial charge in [-0.05, 0) is 34.9 Å². The van der Waals surface area contributed by atoms with Gasteiger partial charge in [-0.15, -0.1) is 0 Å². The largest absolute Gasteiger partial charge is 0.508 e. The predicted molar refractivity (Wildman–Crippen MR) is 73.8 cm³/mol. The van der Waals surface area contributed by atoms with Crippen molar-refractivity contribution >= 4 is 0 Å². The lowest BCUT2D eigenvalue weighted by molar-refractivity contribution is 0.467. The Bertz CT molecular complexity index is 532. The second-order valence-corrected chi connectivity index (χ2v) is 5.09. The van der Waals surface area contributed by atoms with E-state index in [0.29, 0.717) is 23.5 Å². The highest BCUT2D eigenvalue weighted by Gasteiger charge is 2.50. The van der Waals surface area contributed by atoms with Crippen molar-refractivity contribution in [2.24, 2.45) is 5.92 Å². The van der Waals surface area contributed by atoms with Gasteiger partial charge in [-0.3, -0.25) is 0 Å². The van der Waals surface area contributed by atoms with Crippen molar-refractivity contribution in [3.8, 4) is 5.75 Å². The fourth-order valence-electron chi connectivity index (χ4n) is 3.21. The molecule has 1 N–H and O–H groups in total. The van der Waals surface area contributed by atoms with Gasteiger partial charge in [0.15, 0.2) is 0 Å². The summed E-state index contributed by atoms with van der Waals surface area (Å²) in [5.41, 5.74) is 2.51. The summed E-state index contributed by atoms with van der Waals surface area (Å²) >= 11 is 0. The van der Waals surface area contributed by atoms with Gasteiger partial charge in [-0.2, -0.15) is 0 Å². The molecule has 2 aromatic rings. The van der Waals surface area contributed by atoms with Gasteiger partial charge in [0, 0.05) is 0 Å². The zero-order valence-electron chi connectivity index (χ0n) is 10.6. The smallest absolute Gasteiger partial charge is 0.119 e. The summed E-state index contributed by atoms with van der Waals surface area (Å²) in [5.74, 6) is 2.17. The fraction of sp³-hybridized carbons (Fsp3) is 0.294. The lowest BCUT2D eigenvalue weighted by Gasteiger charge is -2.03. The fourth-order valence-corrected chi connectivity index (χ4v) is 3.21. The molecule has 0 amide bonds. The van der Waals surface area contributed by atoms with Crippen molar-refractivity contribution in [1.82, 2.24) is 0 Å². The van der Waals surface area contributed by atoms with Gasteiger partial charge in [0.1, 0.15) is 5.75 Å². The standard InChI is InChI=1S/C17H18O/c1-2-13-16(12-8-4-3-5-9-12)17(13)14-10-6-7-11-15(14)18/h3-11,13,16-18H,2H2,1H3/t13-,16+,17-/m0/s1. The molecule has 3 rings (SSSR count). The van der Waals surface area contributed by atoms with E-state index < -0.39 is 0 Å². The molecule has 1 heteroatoms. The molecule has 92 valence electrons. The van der Waals surface area contributed by atoms with E-state index in [0.717, 1.165) is 5.56 Å². The molecule has 18 heavy (non-hydrogen) atoms. The Labute approximate surface area is 108 Å². The number of hydrogen-bond donors (Lipinski definition) is 1. The first-order chi connectivity index (χ1) is 8.83. The Morgan fingerprint density at radius 1 is 0.889 bits per heavy atom. The van der Waals surface area contributed by atoms with Gasteiger partial charge in [-0.25, -0.2) is 0 Å². The first-order valence-corrected chi connectivity index (χ1v) is 6.65. The lowest BCUT2D eigenvalue weighted by atomic mass is 10.0. The molecule has 0 spiro atoms. The number of para-hydroxylation sites is 1. The summed E-state index contributed by atoms with van der Waals surface area (Å²) in [6.45, 7) is 2.24. The molecule has 1 nitrogen and oxygen atoms in total. The van der Waals surface area contributed by atoms with Crippen molar-refractivity contribution < 1.29 is 5.11 Å². The average Bonchev–Trinajstić information content (AvgIpc) is 3.14. The van der Waals surface area contributed by atoms with E-state index in [4.69, 9.17) is 0 Å². The molecular weight excluding hydrogens is 220 g/mol. The summed E-state index contributed by atoms with van der Waals surface area (Å²) in [6.07, 6.45) is 1.17. The van der Waals surface area contributed by atoms with E-state index in [1.54, 1.807) is 6.07 Å².